The number of fused-ring (bicyclic) bond motifs is 1. The van der Waals surface area contributed by atoms with Gasteiger partial charge in [0.05, 0.1) is 13.3 Å². The van der Waals surface area contributed by atoms with Crippen molar-refractivity contribution in [3.8, 4) is 16.9 Å². The van der Waals surface area contributed by atoms with Gasteiger partial charge in [0.15, 0.2) is 5.82 Å². The Balaban J connectivity index is 1.65. The molecule has 0 fully saturated rings. The highest BCUT2D eigenvalue weighted by Gasteiger charge is 2.21. The molecule has 0 saturated carbocycles. The number of hydrogen-bond acceptors (Lipinski definition) is 6. The van der Waals surface area contributed by atoms with Gasteiger partial charge in [0.25, 0.3) is 0 Å². The minimum atomic E-state index is 0.100. The number of ether oxygens (including phenoxy) is 1. The summed E-state index contributed by atoms with van der Waals surface area (Å²) in [5.74, 6) is 2.32. The average molecular weight is 431 g/mol. The minimum Gasteiger partial charge on any atom is -0.496 e. The van der Waals surface area contributed by atoms with E-state index in [0.29, 0.717) is 6.42 Å². The first-order chi connectivity index (χ1) is 15.2. The van der Waals surface area contributed by atoms with Crippen LogP contribution in [0.2, 0.25) is 0 Å². The van der Waals surface area contributed by atoms with Crippen LogP contribution in [0, 0.1) is 5.41 Å². The van der Waals surface area contributed by atoms with Gasteiger partial charge >= 0.3 is 0 Å². The lowest BCUT2D eigenvalue weighted by Crippen LogP contribution is -2.31. The average Bonchev–Trinajstić information content (AvgIpc) is 3.20. The van der Waals surface area contributed by atoms with Crippen molar-refractivity contribution in [2.45, 2.75) is 40.2 Å². The SMILES string of the molecule is COc1cc(-c2cnn(C)c2)ccc1Cc1ncc2ccnc(NC(C)C(C)(C)C)c2n1. The number of nitrogens with zero attached hydrogens (tertiary/aromatic N) is 5. The van der Waals surface area contributed by atoms with Crippen LogP contribution in [0.4, 0.5) is 5.82 Å². The Hall–Kier alpha value is -3.48. The summed E-state index contributed by atoms with van der Waals surface area (Å²) in [5.41, 5.74) is 4.07. The van der Waals surface area contributed by atoms with Crippen LogP contribution >= 0.6 is 0 Å². The predicted octanol–water partition coefficient (Wildman–Crippen LogP) is 4.87. The molecular weight excluding hydrogens is 400 g/mol. The van der Waals surface area contributed by atoms with E-state index >= 15 is 0 Å². The summed E-state index contributed by atoms with van der Waals surface area (Å²) in [4.78, 5) is 14.0. The van der Waals surface area contributed by atoms with Crippen LogP contribution in [-0.2, 0) is 13.5 Å². The van der Waals surface area contributed by atoms with E-state index in [2.05, 4.69) is 60.2 Å². The molecule has 0 aliphatic carbocycles. The summed E-state index contributed by atoms with van der Waals surface area (Å²) in [7, 11) is 3.60. The zero-order valence-corrected chi connectivity index (χ0v) is 19.5. The monoisotopic (exact) mass is 430 g/mol. The zero-order chi connectivity index (χ0) is 22.9. The highest BCUT2D eigenvalue weighted by atomic mass is 16.5. The van der Waals surface area contributed by atoms with Gasteiger partial charge in [-0.25, -0.2) is 15.0 Å². The third kappa shape index (κ3) is 4.56. The van der Waals surface area contributed by atoms with Crippen LogP contribution in [0.5, 0.6) is 5.75 Å². The first-order valence-corrected chi connectivity index (χ1v) is 10.8. The fourth-order valence-electron chi connectivity index (χ4n) is 3.42. The molecule has 0 saturated heterocycles. The van der Waals surface area contributed by atoms with Crippen LogP contribution < -0.4 is 10.1 Å². The lowest BCUT2D eigenvalue weighted by atomic mass is 9.88. The van der Waals surface area contributed by atoms with E-state index in [4.69, 9.17) is 9.72 Å². The van der Waals surface area contributed by atoms with Gasteiger partial charge in [-0.3, -0.25) is 4.68 Å². The predicted molar refractivity (Wildman–Crippen MR) is 128 cm³/mol. The summed E-state index contributed by atoms with van der Waals surface area (Å²) in [6, 6.07) is 8.36. The van der Waals surface area contributed by atoms with Gasteiger partial charge in [-0.1, -0.05) is 32.9 Å². The third-order valence-electron chi connectivity index (χ3n) is 5.88. The summed E-state index contributed by atoms with van der Waals surface area (Å²) >= 11 is 0. The van der Waals surface area contributed by atoms with E-state index in [1.165, 1.54) is 0 Å². The van der Waals surface area contributed by atoms with Crippen LogP contribution in [0.3, 0.4) is 0 Å². The first-order valence-electron chi connectivity index (χ1n) is 10.8. The number of methoxy groups -OCH3 is 1. The molecule has 0 amide bonds. The second kappa shape index (κ2) is 8.57. The minimum absolute atomic E-state index is 0.100. The van der Waals surface area contributed by atoms with Crippen LogP contribution in [-0.4, -0.2) is 37.9 Å². The van der Waals surface area contributed by atoms with Gasteiger partial charge < -0.3 is 10.1 Å². The van der Waals surface area contributed by atoms with E-state index < -0.39 is 0 Å². The summed E-state index contributed by atoms with van der Waals surface area (Å²) in [5, 5.41) is 8.75. The van der Waals surface area contributed by atoms with Crippen molar-refractivity contribution in [2.24, 2.45) is 12.5 Å². The molecule has 1 unspecified atom stereocenters. The number of hydrogen-bond donors (Lipinski definition) is 1. The van der Waals surface area contributed by atoms with Gasteiger partial charge in [0, 0.05) is 54.6 Å². The molecule has 0 radical (unpaired) electrons. The Morgan fingerprint density at radius 2 is 1.91 bits per heavy atom. The fourth-order valence-corrected chi connectivity index (χ4v) is 3.42. The molecule has 1 aromatic carbocycles. The maximum Gasteiger partial charge on any atom is 0.152 e. The Kier molecular flexibility index (Phi) is 5.82. The Bertz CT molecular complexity index is 1240. The van der Waals surface area contributed by atoms with Gasteiger partial charge in [-0.2, -0.15) is 5.10 Å². The van der Waals surface area contributed by atoms with E-state index in [1.54, 1.807) is 18.0 Å². The maximum atomic E-state index is 5.68. The molecule has 0 bridgehead atoms. The molecule has 7 heteroatoms. The molecule has 4 rings (SSSR count). The summed E-state index contributed by atoms with van der Waals surface area (Å²) in [6.07, 6.45) is 8.06. The molecule has 3 heterocycles. The number of nitrogens with one attached hydrogen (secondary N) is 1. The van der Waals surface area contributed by atoms with E-state index in [-0.39, 0.29) is 11.5 Å². The smallest absolute Gasteiger partial charge is 0.152 e. The normalized spacial score (nSPS) is 12.7. The van der Waals surface area contributed by atoms with Crippen molar-refractivity contribution < 1.29 is 4.74 Å². The van der Waals surface area contributed by atoms with Crippen molar-refractivity contribution in [1.29, 1.82) is 0 Å². The van der Waals surface area contributed by atoms with Crippen LogP contribution in [0.1, 0.15) is 39.1 Å². The topological polar surface area (TPSA) is 77.8 Å². The third-order valence-corrected chi connectivity index (χ3v) is 5.88. The quantitative estimate of drug-likeness (QED) is 0.470. The van der Waals surface area contributed by atoms with Crippen LogP contribution in [0.25, 0.3) is 22.0 Å². The largest absolute Gasteiger partial charge is 0.496 e. The van der Waals surface area contributed by atoms with Crippen molar-refractivity contribution >= 4 is 16.7 Å². The number of pyridine rings is 1. The standard InChI is InChI=1S/C25H30N6O/c1-16(25(2,3)4)29-24-23-19(9-10-26-24)13-27-22(30-23)12-18-8-7-17(11-21(18)32-6)20-14-28-31(5)15-20/h7-11,13-16H,12H2,1-6H3,(H,26,29). The highest BCUT2D eigenvalue weighted by molar-refractivity contribution is 5.87. The maximum absolute atomic E-state index is 5.68. The molecule has 7 nitrogen and oxygen atoms in total. The molecule has 0 aliphatic heterocycles. The Morgan fingerprint density at radius 3 is 2.59 bits per heavy atom. The molecule has 166 valence electrons. The second-order valence-electron chi connectivity index (χ2n) is 9.22. The number of rotatable bonds is 6. The van der Waals surface area contributed by atoms with Crippen molar-refractivity contribution in [1.82, 2.24) is 24.7 Å². The molecule has 0 aliphatic rings. The van der Waals surface area contributed by atoms with E-state index in [1.807, 2.05) is 37.8 Å². The van der Waals surface area contributed by atoms with Crippen molar-refractivity contribution in [2.75, 3.05) is 12.4 Å². The lowest BCUT2D eigenvalue weighted by molar-refractivity contribution is 0.359. The number of anilines is 1. The van der Waals surface area contributed by atoms with Gasteiger partial charge in [0.1, 0.15) is 17.1 Å². The number of aryl methyl sites for hydroxylation is 1. The molecule has 3 aromatic heterocycles. The fraction of sp³-hybridized carbons (Fsp3) is 0.360. The van der Waals surface area contributed by atoms with Gasteiger partial charge in [-0.05, 0) is 30.0 Å². The second-order valence-corrected chi connectivity index (χ2v) is 9.22. The van der Waals surface area contributed by atoms with Crippen molar-refractivity contribution in [3.05, 3.63) is 60.4 Å². The van der Waals surface area contributed by atoms with Gasteiger partial charge in [-0.15, -0.1) is 0 Å². The zero-order valence-electron chi connectivity index (χ0n) is 19.5. The molecule has 0 spiro atoms. The highest BCUT2D eigenvalue weighted by Crippen LogP contribution is 2.29. The molecule has 4 aromatic rings. The molecule has 32 heavy (non-hydrogen) atoms. The molecular formula is C25H30N6O. The van der Waals surface area contributed by atoms with E-state index in [9.17, 15) is 0 Å². The first kappa shape index (κ1) is 21.7. The Labute approximate surface area is 188 Å². The van der Waals surface area contributed by atoms with Gasteiger partial charge in [0.2, 0.25) is 0 Å². The van der Waals surface area contributed by atoms with E-state index in [0.717, 1.165) is 45.0 Å². The summed E-state index contributed by atoms with van der Waals surface area (Å²) < 4.78 is 7.47. The summed E-state index contributed by atoms with van der Waals surface area (Å²) in [6.45, 7) is 8.78. The molecule has 1 atom stereocenters. The molecule has 1 N–H and O–H groups in total. The number of benzene rings is 1. The Morgan fingerprint density at radius 1 is 1.09 bits per heavy atom. The van der Waals surface area contributed by atoms with Crippen LogP contribution in [0.15, 0.2) is 49.1 Å². The number of aromatic nitrogens is 5. The van der Waals surface area contributed by atoms with Crippen molar-refractivity contribution in [3.63, 3.8) is 0 Å². The lowest BCUT2D eigenvalue weighted by Gasteiger charge is -2.28.